The van der Waals surface area contributed by atoms with Gasteiger partial charge in [0.15, 0.2) is 0 Å². The Morgan fingerprint density at radius 1 is 1.30 bits per heavy atom. The summed E-state index contributed by atoms with van der Waals surface area (Å²) in [6.45, 7) is 3.84. The number of aryl methyl sites for hydroxylation is 2. The highest BCUT2D eigenvalue weighted by Crippen LogP contribution is 2.14. The van der Waals surface area contributed by atoms with Crippen LogP contribution in [0.25, 0.3) is 0 Å². The van der Waals surface area contributed by atoms with Crippen molar-refractivity contribution >= 4 is 17.5 Å². The number of aromatic nitrogens is 1. The van der Waals surface area contributed by atoms with Gasteiger partial charge in [-0.1, -0.05) is 23.7 Å². The number of pyridine rings is 1. The molecule has 0 spiro atoms. The summed E-state index contributed by atoms with van der Waals surface area (Å²) in [6.07, 6.45) is 0. The van der Waals surface area contributed by atoms with E-state index in [-0.39, 0.29) is 18.0 Å². The van der Waals surface area contributed by atoms with E-state index in [2.05, 4.69) is 10.3 Å². The van der Waals surface area contributed by atoms with Crippen LogP contribution in [-0.4, -0.2) is 10.9 Å². The SMILES string of the molecule is Cc1cc(C)c(CNC(=O)c2ccccc2Cl)c(=O)[nH]1. The van der Waals surface area contributed by atoms with Gasteiger partial charge in [-0.25, -0.2) is 0 Å². The molecule has 0 atom stereocenters. The number of nitrogens with one attached hydrogen (secondary N) is 2. The van der Waals surface area contributed by atoms with Gasteiger partial charge in [-0.3, -0.25) is 9.59 Å². The van der Waals surface area contributed by atoms with Crippen molar-refractivity contribution in [1.82, 2.24) is 10.3 Å². The Labute approximate surface area is 121 Å². The maximum Gasteiger partial charge on any atom is 0.253 e. The van der Waals surface area contributed by atoms with Crippen molar-refractivity contribution in [3.63, 3.8) is 0 Å². The van der Waals surface area contributed by atoms with E-state index in [1.54, 1.807) is 24.3 Å². The number of hydrogen-bond donors (Lipinski definition) is 2. The highest BCUT2D eigenvalue weighted by Gasteiger charge is 2.11. The van der Waals surface area contributed by atoms with Crippen molar-refractivity contribution in [2.45, 2.75) is 20.4 Å². The fourth-order valence-electron chi connectivity index (χ4n) is 2.01. The molecule has 20 heavy (non-hydrogen) atoms. The second-order valence-corrected chi connectivity index (χ2v) is 5.01. The average Bonchev–Trinajstić information content (AvgIpc) is 2.37. The van der Waals surface area contributed by atoms with Crippen LogP contribution in [0.3, 0.4) is 0 Å². The van der Waals surface area contributed by atoms with Gasteiger partial charge in [0.25, 0.3) is 11.5 Å². The van der Waals surface area contributed by atoms with Gasteiger partial charge in [-0.2, -0.15) is 0 Å². The molecule has 5 heteroatoms. The lowest BCUT2D eigenvalue weighted by Crippen LogP contribution is -2.28. The second-order valence-electron chi connectivity index (χ2n) is 4.61. The molecule has 2 aromatic rings. The minimum atomic E-state index is -0.296. The summed E-state index contributed by atoms with van der Waals surface area (Å²) in [5.74, 6) is -0.296. The lowest BCUT2D eigenvalue weighted by Gasteiger charge is -2.09. The highest BCUT2D eigenvalue weighted by atomic mass is 35.5. The van der Waals surface area contributed by atoms with Crippen molar-refractivity contribution in [3.05, 3.63) is 68.1 Å². The first-order chi connectivity index (χ1) is 9.49. The van der Waals surface area contributed by atoms with Gasteiger partial charge in [-0.15, -0.1) is 0 Å². The van der Waals surface area contributed by atoms with Crippen LogP contribution in [0.4, 0.5) is 0 Å². The normalized spacial score (nSPS) is 10.3. The molecule has 0 fully saturated rings. The lowest BCUT2D eigenvalue weighted by molar-refractivity contribution is 0.0951. The van der Waals surface area contributed by atoms with Crippen molar-refractivity contribution in [3.8, 4) is 0 Å². The van der Waals surface area contributed by atoms with E-state index in [1.807, 2.05) is 19.9 Å². The van der Waals surface area contributed by atoms with Crippen molar-refractivity contribution in [1.29, 1.82) is 0 Å². The summed E-state index contributed by atoms with van der Waals surface area (Å²) < 4.78 is 0. The van der Waals surface area contributed by atoms with Crippen LogP contribution >= 0.6 is 11.6 Å². The third-order valence-electron chi connectivity index (χ3n) is 3.04. The Balaban J connectivity index is 2.16. The maximum absolute atomic E-state index is 12.0. The predicted molar refractivity (Wildman–Crippen MR) is 79.2 cm³/mol. The fraction of sp³-hybridized carbons (Fsp3) is 0.200. The summed E-state index contributed by atoms with van der Waals surface area (Å²) >= 11 is 5.96. The molecule has 0 aliphatic carbocycles. The summed E-state index contributed by atoms with van der Waals surface area (Å²) in [5.41, 5.74) is 2.42. The molecule has 4 nitrogen and oxygen atoms in total. The van der Waals surface area contributed by atoms with E-state index >= 15 is 0 Å². The Bertz CT molecular complexity index is 707. The third kappa shape index (κ3) is 3.08. The van der Waals surface area contributed by atoms with Gasteiger partial charge in [0.2, 0.25) is 0 Å². The molecule has 104 valence electrons. The first kappa shape index (κ1) is 14.3. The van der Waals surface area contributed by atoms with Gasteiger partial charge >= 0.3 is 0 Å². The first-order valence-electron chi connectivity index (χ1n) is 6.21. The van der Waals surface area contributed by atoms with Crippen LogP contribution in [0.5, 0.6) is 0 Å². The summed E-state index contributed by atoms with van der Waals surface area (Å²) in [6, 6.07) is 8.67. The molecule has 0 saturated carbocycles. The molecule has 0 saturated heterocycles. The molecule has 1 aromatic heterocycles. The Hall–Kier alpha value is -2.07. The van der Waals surface area contributed by atoms with Crippen LogP contribution in [0.2, 0.25) is 5.02 Å². The van der Waals surface area contributed by atoms with Crippen molar-refractivity contribution in [2.75, 3.05) is 0 Å². The zero-order chi connectivity index (χ0) is 14.7. The monoisotopic (exact) mass is 290 g/mol. The average molecular weight is 291 g/mol. The molecule has 2 rings (SSSR count). The maximum atomic E-state index is 12.0. The van der Waals surface area contributed by atoms with Crippen LogP contribution < -0.4 is 10.9 Å². The minimum Gasteiger partial charge on any atom is -0.348 e. The van der Waals surface area contributed by atoms with E-state index < -0.39 is 0 Å². The van der Waals surface area contributed by atoms with Gasteiger partial charge in [0, 0.05) is 17.8 Å². The Morgan fingerprint density at radius 2 is 2.00 bits per heavy atom. The standard InChI is InChI=1S/C15H15ClN2O2/c1-9-7-10(2)18-15(20)12(9)8-17-14(19)11-5-3-4-6-13(11)16/h3-7H,8H2,1-2H3,(H,17,19)(H,18,20). The molecule has 0 aliphatic rings. The zero-order valence-electron chi connectivity index (χ0n) is 11.3. The molecular weight excluding hydrogens is 276 g/mol. The Morgan fingerprint density at radius 3 is 2.65 bits per heavy atom. The molecule has 0 bridgehead atoms. The molecular formula is C15H15ClN2O2. The smallest absolute Gasteiger partial charge is 0.253 e. The minimum absolute atomic E-state index is 0.172. The lowest BCUT2D eigenvalue weighted by atomic mass is 10.1. The van der Waals surface area contributed by atoms with E-state index in [0.717, 1.165) is 11.3 Å². The molecule has 1 heterocycles. The molecule has 2 N–H and O–H groups in total. The van der Waals surface area contributed by atoms with E-state index in [0.29, 0.717) is 16.1 Å². The highest BCUT2D eigenvalue weighted by molar-refractivity contribution is 6.33. The van der Waals surface area contributed by atoms with Crippen molar-refractivity contribution < 1.29 is 4.79 Å². The van der Waals surface area contributed by atoms with Gasteiger partial charge in [0.05, 0.1) is 10.6 Å². The summed E-state index contributed by atoms with van der Waals surface area (Å²) in [5, 5.41) is 3.10. The molecule has 0 unspecified atom stereocenters. The zero-order valence-corrected chi connectivity index (χ0v) is 12.0. The van der Waals surface area contributed by atoms with E-state index in [4.69, 9.17) is 11.6 Å². The number of rotatable bonds is 3. The van der Waals surface area contributed by atoms with E-state index in [1.165, 1.54) is 0 Å². The summed E-state index contributed by atoms with van der Waals surface area (Å²) in [7, 11) is 0. The van der Waals surface area contributed by atoms with Gasteiger partial charge < -0.3 is 10.3 Å². The predicted octanol–water partition coefficient (Wildman–Crippen LogP) is 2.58. The number of H-pyrrole nitrogens is 1. The largest absolute Gasteiger partial charge is 0.348 e. The number of benzene rings is 1. The van der Waals surface area contributed by atoms with Gasteiger partial charge in [0.1, 0.15) is 0 Å². The quantitative estimate of drug-likeness (QED) is 0.912. The first-order valence-corrected chi connectivity index (χ1v) is 6.59. The Kier molecular flexibility index (Phi) is 4.25. The third-order valence-corrected chi connectivity index (χ3v) is 3.37. The van der Waals surface area contributed by atoms with Crippen LogP contribution in [0, 0.1) is 13.8 Å². The molecule has 0 aliphatic heterocycles. The number of carbonyl (C=O) groups is 1. The van der Waals surface area contributed by atoms with Crippen molar-refractivity contribution in [2.24, 2.45) is 0 Å². The van der Waals surface area contributed by atoms with Crippen LogP contribution in [0.15, 0.2) is 35.1 Å². The number of amides is 1. The molecule has 1 amide bonds. The number of aromatic amines is 1. The number of carbonyl (C=O) groups excluding carboxylic acids is 1. The molecule has 0 radical (unpaired) electrons. The second kappa shape index (κ2) is 5.92. The fourth-order valence-corrected chi connectivity index (χ4v) is 2.23. The van der Waals surface area contributed by atoms with Crippen LogP contribution in [0.1, 0.15) is 27.2 Å². The molecule has 1 aromatic carbocycles. The van der Waals surface area contributed by atoms with Gasteiger partial charge in [-0.05, 0) is 37.6 Å². The number of hydrogen-bond acceptors (Lipinski definition) is 2. The van der Waals surface area contributed by atoms with E-state index in [9.17, 15) is 9.59 Å². The van der Waals surface area contributed by atoms with Crippen LogP contribution in [-0.2, 0) is 6.54 Å². The summed E-state index contributed by atoms with van der Waals surface area (Å²) in [4.78, 5) is 26.6. The number of halogens is 1. The topological polar surface area (TPSA) is 62.0 Å².